The van der Waals surface area contributed by atoms with Crippen molar-refractivity contribution in [3.63, 3.8) is 0 Å². The van der Waals surface area contributed by atoms with Gasteiger partial charge in [0.05, 0.1) is 19.1 Å². The van der Waals surface area contributed by atoms with Gasteiger partial charge in [-0.2, -0.15) is 0 Å². The van der Waals surface area contributed by atoms with Gasteiger partial charge in [0.25, 0.3) is 0 Å². The molecule has 1 N–H and O–H groups in total. The SMILES string of the molecule is Cc1ncc2ncn([C@@H]3O[C@H](CO)C=C3F)c2n1. The second-order valence-electron chi connectivity index (χ2n) is 4.04. The lowest BCUT2D eigenvalue weighted by Gasteiger charge is -2.14. The minimum absolute atomic E-state index is 0.259. The van der Waals surface area contributed by atoms with Crippen LogP contribution >= 0.6 is 0 Å². The first kappa shape index (κ1) is 11.2. The molecule has 0 aromatic carbocycles. The number of fused-ring (bicyclic) bond motifs is 1. The average molecular weight is 250 g/mol. The van der Waals surface area contributed by atoms with Gasteiger partial charge in [-0.05, 0) is 13.0 Å². The van der Waals surface area contributed by atoms with Crippen LogP contribution in [0.1, 0.15) is 12.1 Å². The molecule has 3 heterocycles. The van der Waals surface area contributed by atoms with Crippen molar-refractivity contribution in [3.05, 3.63) is 30.3 Å². The molecule has 1 aliphatic rings. The van der Waals surface area contributed by atoms with Crippen molar-refractivity contribution < 1.29 is 14.2 Å². The molecule has 0 unspecified atom stereocenters. The molecule has 7 heteroatoms. The molecular weight excluding hydrogens is 239 g/mol. The number of nitrogens with zero attached hydrogens (tertiary/aromatic N) is 4. The molecule has 0 saturated heterocycles. The van der Waals surface area contributed by atoms with Gasteiger partial charge in [-0.25, -0.2) is 19.3 Å². The predicted octanol–water partition coefficient (Wildman–Crippen LogP) is 0.878. The molecule has 2 aromatic rings. The lowest BCUT2D eigenvalue weighted by atomic mass is 10.3. The van der Waals surface area contributed by atoms with Crippen molar-refractivity contribution in [3.8, 4) is 0 Å². The second kappa shape index (κ2) is 4.11. The summed E-state index contributed by atoms with van der Waals surface area (Å²) in [6.07, 6.45) is 2.74. The molecule has 0 spiro atoms. The van der Waals surface area contributed by atoms with Crippen molar-refractivity contribution in [2.24, 2.45) is 0 Å². The zero-order valence-corrected chi connectivity index (χ0v) is 9.62. The van der Waals surface area contributed by atoms with Crippen molar-refractivity contribution in [1.29, 1.82) is 0 Å². The molecule has 6 nitrogen and oxygen atoms in total. The highest BCUT2D eigenvalue weighted by molar-refractivity contribution is 5.69. The van der Waals surface area contributed by atoms with Gasteiger partial charge in [0, 0.05) is 0 Å². The lowest BCUT2D eigenvalue weighted by Crippen LogP contribution is -2.16. The largest absolute Gasteiger partial charge is 0.393 e. The fourth-order valence-electron chi connectivity index (χ4n) is 1.91. The number of hydrogen-bond acceptors (Lipinski definition) is 5. The number of aromatic nitrogens is 4. The molecule has 2 atom stereocenters. The summed E-state index contributed by atoms with van der Waals surface area (Å²) in [5.41, 5.74) is 1.08. The van der Waals surface area contributed by atoms with Gasteiger partial charge in [-0.15, -0.1) is 0 Å². The van der Waals surface area contributed by atoms with E-state index in [1.54, 1.807) is 13.1 Å². The first-order valence-electron chi connectivity index (χ1n) is 5.49. The van der Waals surface area contributed by atoms with Gasteiger partial charge in [0.1, 0.15) is 23.3 Å². The van der Waals surface area contributed by atoms with Crippen LogP contribution in [0.25, 0.3) is 11.2 Å². The van der Waals surface area contributed by atoms with E-state index >= 15 is 0 Å². The topological polar surface area (TPSA) is 73.1 Å². The Balaban J connectivity index is 2.05. The highest BCUT2D eigenvalue weighted by Gasteiger charge is 2.30. The van der Waals surface area contributed by atoms with Crippen molar-refractivity contribution in [2.75, 3.05) is 6.61 Å². The van der Waals surface area contributed by atoms with E-state index in [9.17, 15) is 4.39 Å². The first-order valence-corrected chi connectivity index (χ1v) is 5.49. The van der Waals surface area contributed by atoms with E-state index in [0.717, 1.165) is 0 Å². The van der Waals surface area contributed by atoms with Crippen LogP contribution in [0.3, 0.4) is 0 Å². The smallest absolute Gasteiger partial charge is 0.189 e. The van der Waals surface area contributed by atoms with Crippen molar-refractivity contribution >= 4 is 11.2 Å². The zero-order chi connectivity index (χ0) is 12.7. The Bertz CT molecular complexity index is 625. The molecule has 94 valence electrons. The molecule has 0 saturated carbocycles. The standard InChI is InChI=1S/C11H11FN4O2/c1-6-13-3-9-10(15-6)16(5-14-9)11-8(12)2-7(4-17)18-11/h2-3,5,7,11,17H,4H2,1H3/t7-,11+/m0/s1. The molecule has 18 heavy (non-hydrogen) atoms. The number of hydrogen-bond donors (Lipinski definition) is 1. The number of imidazole rings is 1. The third-order valence-corrected chi connectivity index (χ3v) is 2.75. The van der Waals surface area contributed by atoms with Crippen LogP contribution in [0.15, 0.2) is 24.4 Å². The van der Waals surface area contributed by atoms with E-state index in [-0.39, 0.29) is 6.61 Å². The molecule has 3 rings (SSSR count). The fourth-order valence-corrected chi connectivity index (χ4v) is 1.91. The van der Waals surface area contributed by atoms with E-state index in [2.05, 4.69) is 15.0 Å². The summed E-state index contributed by atoms with van der Waals surface area (Å²) >= 11 is 0. The number of halogens is 1. The summed E-state index contributed by atoms with van der Waals surface area (Å²) in [6, 6.07) is 0. The lowest BCUT2D eigenvalue weighted by molar-refractivity contribution is -0.0174. The number of aryl methyl sites for hydroxylation is 1. The third-order valence-electron chi connectivity index (χ3n) is 2.75. The summed E-state index contributed by atoms with van der Waals surface area (Å²) < 4.78 is 20.6. The zero-order valence-electron chi connectivity index (χ0n) is 9.62. The minimum atomic E-state index is -0.915. The van der Waals surface area contributed by atoms with Gasteiger partial charge >= 0.3 is 0 Å². The first-order chi connectivity index (χ1) is 8.69. The number of ether oxygens (including phenoxy) is 1. The molecule has 0 amide bonds. The van der Waals surface area contributed by atoms with Crippen LogP contribution in [0.4, 0.5) is 4.39 Å². The Labute approximate surface area is 102 Å². The number of aliphatic hydroxyl groups is 1. The molecule has 0 radical (unpaired) electrons. The Hall–Kier alpha value is -1.86. The van der Waals surface area contributed by atoms with Crippen LogP contribution in [-0.2, 0) is 4.74 Å². The molecule has 1 aliphatic heterocycles. The quantitative estimate of drug-likeness (QED) is 0.856. The molecule has 2 aromatic heterocycles. The van der Waals surface area contributed by atoms with Crippen LogP contribution in [0.5, 0.6) is 0 Å². The van der Waals surface area contributed by atoms with Gasteiger partial charge in [0.15, 0.2) is 11.9 Å². The van der Waals surface area contributed by atoms with Crippen LogP contribution in [0.2, 0.25) is 0 Å². The van der Waals surface area contributed by atoms with Gasteiger partial charge in [0.2, 0.25) is 0 Å². The maximum absolute atomic E-state index is 13.7. The maximum Gasteiger partial charge on any atom is 0.189 e. The summed E-state index contributed by atoms with van der Waals surface area (Å²) in [5, 5.41) is 8.97. The number of aliphatic hydroxyl groups excluding tert-OH is 1. The van der Waals surface area contributed by atoms with Crippen molar-refractivity contribution in [2.45, 2.75) is 19.3 Å². The Morgan fingerprint density at radius 1 is 1.50 bits per heavy atom. The van der Waals surface area contributed by atoms with Crippen LogP contribution < -0.4 is 0 Å². The molecule has 0 fully saturated rings. The summed E-state index contributed by atoms with van der Waals surface area (Å²) in [4.78, 5) is 12.3. The molecule has 0 aliphatic carbocycles. The maximum atomic E-state index is 13.7. The van der Waals surface area contributed by atoms with E-state index in [4.69, 9.17) is 9.84 Å². The van der Waals surface area contributed by atoms with Crippen molar-refractivity contribution in [1.82, 2.24) is 19.5 Å². The van der Waals surface area contributed by atoms with Gasteiger partial charge < -0.3 is 9.84 Å². The Morgan fingerprint density at radius 3 is 3.06 bits per heavy atom. The average Bonchev–Trinajstić information content (AvgIpc) is 2.92. The monoisotopic (exact) mass is 250 g/mol. The van der Waals surface area contributed by atoms with Gasteiger partial charge in [-0.3, -0.25) is 4.57 Å². The Kier molecular flexibility index (Phi) is 2.57. The van der Waals surface area contributed by atoms with Crippen LogP contribution in [0, 0.1) is 6.92 Å². The fraction of sp³-hybridized carbons (Fsp3) is 0.364. The highest BCUT2D eigenvalue weighted by Crippen LogP contribution is 2.31. The van der Waals surface area contributed by atoms with E-state index < -0.39 is 18.2 Å². The third kappa shape index (κ3) is 1.68. The summed E-state index contributed by atoms with van der Waals surface area (Å²) in [6.45, 7) is 1.49. The normalized spacial score (nSPS) is 23.6. The predicted molar refractivity (Wildman–Crippen MR) is 60.2 cm³/mol. The highest BCUT2D eigenvalue weighted by atomic mass is 19.1. The van der Waals surface area contributed by atoms with Crippen LogP contribution in [-0.4, -0.2) is 37.3 Å². The van der Waals surface area contributed by atoms with Gasteiger partial charge in [-0.1, -0.05) is 0 Å². The number of rotatable bonds is 2. The van der Waals surface area contributed by atoms with E-state index in [1.807, 2.05) is 0 Å². The summed E-state index contributed by atoms with van der Waals surface area (Å²) in [5.74, 6) is 0.120. The van der Waals surface area contributed by atoms with E-state index in [1.165, 1.54) is 17.0 Å². The second-order valence-corrected chi connectivity index (χ2v) is 4.04. The molecule has 0 bridgehead atoms. The minimum Gasteiger partial charge on any atom is -0.393 e. The summed E-state index contributed by atoms with van der Waals surface area (Å²) in [7, 11) is 0. The molecular formula is C11H11FN4O2. The Morgan fingerprint density at radius 2 is 2.33 bits per heavy atom. The van der Waals surface area contributed by atoms with E-state index in [0.29, 0.717) is 17.0 Å².